The topological polar surface area (TPSA) is 56.7 Å². The summed E-state index contributed by atoms with van der Waals surface area (Å²) in [5, 5.41) is 6.73. The lowest BCUT2D eigenvalue weighted by atomic mass is 9.96. The van der Waals surface area contributed by atoms with Crippen LogP contribution in [0.5, 0.6) is 0 Å². The van der Waals surface area contributed by atoms with Crippen LogP contribution >= 0.6 is 0 Å². The predicted octanol–water partition coefficient (Wildman–Crippen LogP) is 12.7. The number of para-hydroxylation sites is 1. The average molecular weight is 691 g/mol. The number of benzene rings is 8. The predicted molar refractivity (Wildman–Crippen MR) is 221 cm³/mol. The van der Waals surface area contributed by atoms with Crippen LogP contribution in [-0.4, -0.2) is 19.5 Å². The lowest BCUT2D eigenvalue weighted by Crippen LogP contribution is -2.06. The van der Waals surface area contributed by atoms with E-state index in [0.717, 1.165) is 71.6 Å². The summed E-state index contributed by atoms with van der Waals surface area (Å²) in [7, 11) is 0. The van der Waals surface area contributed by atoms with E-state index in [1.807, 2.05) is 66.7 Å². The van der Waals surface area contributed by atoms with Gasteiger partial charge in [0.25, 0.3) is 0 Å². The Labute approximate surface area is 310 Å². The van der Waals surface area contributed by atoms with Gasteiger partial charge in [-0.1, -0.05) is 146 Å². The van der Waals surface area contributed by atoms with Gasteiger partial charge in [0, 0.05) is 21.9 Å². The van der Waals surface area contributed by atoms with Crippen molar-refractivity contribution in [1.82, 2.24) is 19.5 Å². The SMILES string of the molecule is c1ccc(-c2nc(-c3ccccc3)nc(-n3c4cc(-c5cccc(-c6ccc7ccccc7c6)c5)cc5oc6ccccc6c6cccc3c6c54)n2)cc1. The Balaban J connectivity index is 1.22. The number of hydrogen-bond acceptors (Lipinski definition) is 4. The van der Waals surface area contributed by atoms with E-state index in [9.17, 15) is 0 Å². The molecule has 0 saturated heterocycles. The molecule has 0 amide bonds. The van der Waals surface area contributed by atoms with Crippen molar-refractivity contribution >= 4 is 54.5 Å². The highest BCUT2D eigenvalue weighted by atomic mass is 16.3. The molecule has 5 nitrogen and oxygen atoms in total. The van der Waals surface area contributed by atoms with Crippen molar-refractivity contribution in [2.75, 3.05) is 0 Å². The van der Waals surface area contributed by atoms with E-state index in [1.54, 1.807) is 0 Å². The van der Waals surface area contributed by atoms with E-state index in [4.69, 9.17) is 19.4 Å². The smallest absolute Gasteiger partial charge is 0.238 e. The zero-order valence-corrected chi connectivity index (χ0v) is 29.0. The van der Waals surface area contributed by atoms with Gasteiger partial charge >= 0.3 is 0 Å². The summed E-state index contributed by atoms with van der Waals surface area (Å²) >= 11 is 0. The second kappa shape index (κ2) is 12.1. The standard InChI is InChI=1S/C49H30N4O/c1-3-14-32(15-4-1)47-50-48(33-16-5-2-6-17-33)52-49(51-47)53-41-23-12-22-40-39-21-9-10-24-43(39)54-44-30-38(29-42(53)46(44)45(40)41)36-20-11-19-35(28-36)37-26-25-31-13-7-8-18-34(31)27-37/h1-30H. The van der Waals surface area contributed by atoms with Gasteiger partial charge in [0.1, 0.15) is 11.2 Å². The van der Waals surface area contributed by atoms with Gasteiger partial charge in [-0.25, -0.2) is 4.98 Å². The van der Waals surface area contributed by atoms with Gasteiger partial charge in [-0.2, -0.15) is 9.97 Å². The van der Waals surface area contributed by atoms with Crippen molar-refractivity contribution in [1.29, 1.82) is 0 Å². The first kappa shape index (κ1) is 30.3. The number of hydrogen-bond donors (Lipinski definition) is 0. The fourth-order valence-corrected chi connectivity index (χ4v) is 7.88. The number of nitrogens with zero attached hydrogens (tertiary/aromatic N) is 4. The summed E-state index contributed by atoms with van der Waals surface area (Å²) in [6, 6.07) is 63.3. The van der Waals surface area contributed by atoms with Crippen LogP contribution < -0.4 is 0 Å². The zero-order valence-electron chi connectivity index (χ0n) is 29.0. The summed E-state index contributed by atoms with van der Waals surface area (Å²) in [6.07, 6.45) is 0. The molecule has 0 atom stereocenters. The molecular weight excluding hydrogens is 661 g/mol. The van der Waals surface area contributed by atoms with Crippen LogP contribution in [-0.2, 0) is 0 Å². The maximum atomic E-state index is 6.91. The first-order valence-corrected chi connectivity index (χ1v) is 18.1. The third-order valence-corrected chi connectivity index (χ3v) is 10.4. The Morgan fingerprint density at radius 2 is 0.963 bits per heavy atom. The minimum absolute atomic E-state index is 0.543. The first-order valence-electron chi connectivity index (χ1n) is 18.1. The van der Waals surface area contributed by atoms with E-state index in [1.165, 1.54) is 16.3 Å². The first-order chi connectivity index (χ1) is 26.7. The molecule has 0 saturated carbocycles. The third-order valence-electron chi connectivity index (χ3n) is 10.4. The molecule has 0 aliphatic carbocycles. The summed E-state index contributed by atoms with van der Waals surface area (Å²) in [5.74, 6) is 1.76. The molecule has 3 aromatic heterocycles. The molecule has 5 heteroatoms. The molecule has 8 aromatic carbocycles. The molecule has 0 aliphatic heterocycles. The minimum atomic E-state index is 0.543. The Bertz CT molecular complexity index is 3160. The maximum Gasteiger partial charge on any atom is 0.238 e. The largest absolute Gasteiger partial charge is 0.456 e. The van der Waals surface area contributed by atoms with Gasteiger partial charge < -0.3 is 4.42 Å². The molecule has 11 aromatic rings. The molecule has 0 aliphatic rings. The Kier molecular flexibility index (Phi) is 6.79. The quantitative estimate of drug-likeness (QED) is 0.180. The normalized spacial score (nSPS) is 11.7. The number of fused-ring (bicyclic) bond motifs is 3. The van der Waals surface area contributed by atoms with Crippen LogP contribution in [0.3, 0.4) is 0 Å². The number of rotatable bonds is 5. The third kappa shape index (κ3) is 4.90. The fourth-order valence-electron chi connectivity index (χ4n) is 7.88. The van der Waals surface area contributed by atoms with Crippen molar-refractivity contribution in [2.24, 2.45) is 0 Å². The minimum Gasteiger partial charge on any atom is -0.456 e. The molecule has 0 N–H and O–H groups in total. The van der Waals surface area contributed by atoms with Crippen LogP contribution in [0.15, 0.2) is 186 Å². The molecular formula is C49H30N4O. The fraction of sp³-hybridized carbons (Fsp3) is 0. The van der Waals surface area contributed by atoms with Gasteiger partial charge in [0.2, 0.25) is 5.95 Å². The highest BCUT2D eigenvalue weighted by molar-refractivity contribution is 6.27. The Hall–Kier alpha value is -7.37. The maximum absolute atomic E-state index is 6.91. The van der Waals surface area contributed by atoms with Crippen molar-refractivity contribution in [2.45, 2.75) is 0 Å². The van der Waals surface area contributed by atoms with E-state index in [0.29, 0.717) is 17.6 Å². The zero-order chi connectivity index (χ0) is 35.6. The van der Waals surface area contributed by atoms with Crippen molar-refractivity contribution in [3.05, 3.63) is 182 Å². The Morgan fingerprint density at radius 3 is 1.74 bits per heavy atom. The Morgan fingerprint density at radius 1 is 0.352 bits per heavy atom. The van der Waals surface area contributed by atoms with Crippen molar-refractivity contribution in [3.63, 3.8) is 0 Å². The van der Waals surface area contributed by atoms with Crippen LogP contribution in [0.1, 0.15) is 0 Å². The molecule has 252 valence electrons. The highest BCUT2D eigenvalue weighted by Gasteiger charge is 2.23. The van der Waals surface area contributed by atoms with Crippen LogP contribution in [0, 0.1) is 0 Å². The summed E-state index contributed by atoms with van der Waals surface area (Å²) in [4.78, 5) is 15.4. The highest BCUT2D eigenvalue weighted by Crippen LogP contribution is 2.43. The lowest BCUT2D eigenvalue weighted by molar-refractivity contribution is 0.664. The summed E-state index contributed by atoms with van der Waals surface area (Å²) < 4.78 is 9.10. The van der Waals surface area contributed by atoms with Gasteiger partial charge in [0.15, 0.2) is 11.6 Å². The average Bonchev–Trinajstić information content (AvgIpc) is 3.51. The second-order valence-electron chi connectivity index (χ2n) is 13.7. The molecule has 0 bridgehead atoms. The molecule has 0 radical (unpaired) electrons. The van der Waals surface area contributed by atoms with Crippen LogP contribution in [0.4, 0.5) is 0 Å². The van der Waals surface area contributed by atoms with E-state index in [-0.39, 0.29) is 0 Å². The van der Waals surface area contributed by atoms with E-state index in [2.05, 4.69) is 120 Å². The van der Waals surface area contributed by atoms with Crippen LogP contribution in [0.2, 0.25) is 0 Å². The molecule has 0 unspecified atom stereocenters. The van der Waals surface area contributed by atoms with Gasteiger partial charge in [-0.3, -0.25) is 4.57 Å². The molecule has 54 heavy (non-hydrogen) atoms. The molecule has 3 heterocycles. The molecule has 0 spiro atoms. The van der Waals surface area contributed by atoms with Crippen LogP contribution in [0.25, 0.3) is 105 Å². The lowest BCUT2D eigenvalue weighted by Gasteiger charge is -2.12. The monoisotopic (exact) mass is 690 g/mol. The van der Waals surface area contributed by atoms with Gasteiger partial charge in [-0.05, 0) is 74.8 Å². The molecule has 11 rings (SSSR count). The summed E-state index contributed by atoms with van der Waals surface area (Å²) in [6.45, 7) is 0. The van der Waals surface area contributed by atoms with Crippen molar-refractivity contribution < 1.29 is 4.42 Å². The number of aromatic nitrogens is 4. The van der Waals surface area contributed by atoms with E-state index < -0.39 is 0 Å². The summed E-state index contributed by atoms with van der Waals surface area (Å²) in [5.41, 5.74) is 9.85. The van der Waals surface area contributed by atoms with Gasteiger partial charge in [0.05, 0.1) is 16.4 Å². The second-order valence-corrected chi connectivity index (χ2v) is 13.7. The molecule has 0 fully saturated rings. The van der Waals surface area contributed by atoms with Gasteiger partial charge in [-0.15, -0.1) is 0 Å². The van der Waals surface area contributed by atoms with E-state index >= 15 is 0 Å². The van der Waals surface area contributed by atoms with Crippen molar-refractivity contribution in [3.8, 4) is 51.0 Å².